The summed E-state index contributed by atoms with van der Waals surface area (Å²) in [6.45, 7) is -1.17. The van der Waals surface area contributed by atoms with E-state index in [1.807, 2.05) is 0 Å². The first-order chi connectivity index (χ1) is 18.0. The Morgan fingerprint density at radius 3 is 2.63 bits per heavy atom. The molecule has 5 atom stereocenters. The number of halogens is 1. The molecule has 1 aliphatic heterocycles. The number of rotatable bonds is 11. The third kappa shape index (κ3) is 5.51. The first-order valence-electron chi connectivity index (χ1n) is 11.9. The second kappa shape index (κ2) is 11.6. The Kier molecular flexibility index (Phi) is 8.88. The minimum absolute atomic E-state index is 0.0744. The van der Waals surface area contributed by atoms with Crippen molar-refractivity contribution in [2.75, 3.05) is 25.6 Å². The Bertz CT molecular complexity index is 1190. The van der Waals surface area contributed by atoms with Crippen LogP contribution in [0, 0.1) is 0 Å². The predicted molar refractivity (Wildman–Crippen MR) is 129 cm³/mol. The summed E-state index contributed by atoms with van der Waals surface area (Å²) in [5.41, 5.74) is 1.92. The lowest BCUT2D eigenvalue weighted by molar-refractivity contribution is -0.167. The second-order valence-electron chi connectivity index (χ2n) is 9.13. The number of nitrogens with zero attached hydrogens (tertiary/aromatic N) is 4. The summed E-state index contributed by atoms with van der Waals surface area (Å²) in [6.07, 6.45) is -0.862. The summed E-state index contributed by atoms with van der Waals surface area (Å²) in [5.74, 6) is -0.926. The van der Waals surface area contributed by atoms with Crippen LogP contribution in [0.15, 0.2) is 6.20 Å². The highest BCUT2D eigenvalue weighted by atomic mass is 35.5. The number of carbonyl (C=O) groups is 1. The van der Waals surface area contributed by atoms with Crippen molar-refractivity contribution >= 4 is 42.0 Å². The average molecular weight is 581 g/mol. The maximum absolute atomic E-state index is 12.4. The van der Waals surface area contributed by atoms with E-state index in [4.69, 9.17) is 26.3 Å². The number of nitrogens with one attached hydrogen (secondary N) is 2. The number of aliphatic hydroxyl groups excluding tert-OH is 2. The molecule has 0 spiro atoms. The number of fused-ring (bicyclic) bond motifs is 1. The SMILES string of the molecule is COC(=O)[C@](CCNO)(OC[C@H]1O[C@@H](n2ncc3c(NC4CCCC4)nc(Cl)nc32)[C@H](O)[C@@H]1O)P(=O)(O)O. The highest BCUT2D eigenvalue weighted by Crippen LogP contribution is 2.54. The molecule has 0 unspecified atom stereocenters. The lowest BCUT2D eigenvalue weighted by atomic mass is 10.1. The quantitative estimate of drug-likeness (QED) is 0.0795. The Hall–Kier alpha value is -1.98. The van der Waals surface area contributed by atoms with Crippen molar-refractivity contribution in [1.82, 2.24) is 25.2 Å². The number of hydrogen-bond acceptors (Lipinski definition) is 13. The number of carbonyl (C=O) groups excluding carboxylic acids is 1. The topological polar surface area (TPSA) is 231 Å². The molecule has 2 aromatic rings. The number of hydroxylamine groups is 1. The van der Waals surface area contributed by atoms with E-state index in [0.29, 0.717) is 11.2 Å². The molecule has 0 aromatic carbocycles. The van der Waals surface area contributed by atoms with Gasteiger partial charge in [-0.1, -0.05) is 12.8 Å². The van der Waals surface area contributed by atoms with Crippen molar-refractivity contribution in [3.05, 3.63) is 11.5 Å². The summed E-state index contributed by atoms with van der Waals surface area (Å²) >= 11 is 6.15. The normalized spacial score (nSPS) is 26.1. The lowest BCUT2D eigenvalue weighted by Gasteiger charge is -2.32. The molecule has 0 bridgehead atoms. The predicted octanol–water partition coefficient (Wildman–Crippen LogP) is -0.114. The highest BCUT2D eigenvalue weighted by Gasteiger charge is 2.57. The van der Waals surface area contributed by atoms with Crippen molar-refractivity contribution < 1.29 is 48.8 Å². The molecule has 2 fully saturated rings. The molecular weight excluding hydrogens is 551 g/mol. The van der Waals surface area contributed by atoms with Crippen LogP contribution in [0.1, 0.15) is 38.3 Å². The van der Waals surface area contributed by atoms with Gasteiger partial charge in [-0.25, -0.2) is 15.0 Å². The van der Waals surface area contributed by atoms with E-state index in [1.54, 1.807) is 5.48 Å². The average Bonchev–Trinajstić information content (AvgIpc) is 3.59. The first kappa shape index (κ1) is 29.0. The number of anilines is 1. The van der Waals surface area contributed by atoms with Gasteiger partial charge in [0.25, 0.3) is 5.34 Å². The van der Waals surface area contributed by atoms with Crippen molar-refractivity contribution in [1.29, 1.82) is 0 Å². The fourth-order valence-corrected chi connectivity index (χ4v) is 5.85. The molecule has 0 radical (unpaired) electrons. The van der Waals surface area contributed by atoms with Gasteiger partial charge in [0.1, 0.15) is 24.1 Å². The summed E-state index contributed by atoms with van der Waals surface area (Å²) < 4.78 is 29.1. The van der Waals surface area contributed by atoms with E-state index in [9.17, 15) is 29.4 Å². The van der Waals surface area contributed by atoms with Crippen molar-refractivity contribution in [2.45, 2.75) is 68.0 Å². The van der Waals surface area contributed by atoms with Gasteiger partial charge in [0, 0.05) is 19.0 Å². The van der Waals surface area contributed by atoms with E-state index < -0.39 is 63.0 Å². The molecule has 16 nitrogen and oxygen atoms in total. The van der Waals surface area contributed by atoms with E-state index >= 15 is 0 Å². The molecular formula is C20H30ClN6O10P. The van der Waals surface area contributed by atoms with Crippen LogP contribution in [0.25, 0.3) is 11.0 Å². The van der Waals surface area contributed by atoms with Crippen molar-refractivity contribution in [3.8, 4) is 0 Å². The van der Waals surface area contributed by atoms with Gasteiger partial charge in [0.2, 0.25) is 5.28 Å². The molecule has 38 heavy (non-hydrogen) atoms. The van der Waals surface area contributed by atoms with Gasteiger partial charge in [-0.2, -0.15) is 15.1 Å². The smallest absolute Gasteiger partial charge is 0.368 e. The number of esters is 1. The van der Waals surface area contributed by atoms with E-state index in [2.05, 4.69) is 25.1 Å². The van der Waals surface area contributed by atoms with Crippen LogP contribution in [-0.4, -0.2) is 101 Å². The molecule has 18 heteroatoms. The van der Waals surface area contributed by atoms with Gasteiger partial charge in [-0.3, -0.25) is 4.57 Å². The third-order valence-corrected chi connectivity index (χ3v) is 8.38. The molecule has 1 saturated carbocycles. The second-order valence-corrected chi connectivity index (χ2v) is 11.3. The van der Waals surface area contributed by atoms with Gasteiger partial charge in [0.05, 0.1) is 25.3 Å². The zero-order chi connectivity index (χ0) is 27.7. The summed E-state index contributed by atoms with van der Waals surface area (Å²) in [7, 11) is -4.41. The largest absolute Gasteiger partial charge is 0.466 e. The van der Waals surface area contributed by atoms with E-state index in [0.717, 1.165) is 32.8 Å². The molecule has 0 amide bonds. The summed E-state index contributed by atoms with van der Waals surface area (Å²) in [4.78, 5) is 40.6. The maximum atomic E-state index is 12.4. The number of aliphatic hydroxyl groups is 2. The minimum atomic E-state index is -5.32. The van der Waals surface area contributed by atoms with Gasteiger partial charge in [-0.05, 0) is 24.4 Å². The number of ether oxygens (including phenoxy) is 3. The van der Waals surface area contributed by atoms with Crippen LogP contribution in [0.3, 0.4) is 0 Å². The molecule has 2 aromatic heterocycles. The summed E-state index contributed by atoms with van der Waals surface area (Å²) in [5, 5.41) is 35.5. The molecule has 4 rings (SSSR count). The first-order valence-corrected chi connectivity index (χ1v) is 13.8. The fraction of sp³-hybridized carbons (Fsp3) is 0.700. The zero-order valence-corrected chi connectivity index (χ0v) is 22.0. The zero-order valence-electron chi connectivity index (χ0n) is 20.3. The molecule has 3 heterocycles. The number of aromatic nitrogens is 4. The molecule has 1 saturated heterocycles. The van der Waals surface area contributed by atoms with Crippen LogP contribution < -0.4 is 10.8 Å². The van der Waals surface area contributed by atoms with Crippen LogP contribution >= 0.6 is 19.2 Å². The van der Waals surface area contributed by atoms with Crippen molar-refractivity contribution in [3.63, 3.8) is 0 Å². The van der Waals surface area contributed by atoms with E-state index in [-0.39, 0.29) is 17.0 Å². The Labute approximate surface area is 221 Å². The standard InChI is InChI=1S/C20H30ClN6O10P/c1-35-18(30)20(6-7-23-31,38(32,33)34)36-9-12-13(28)14(29)17(37-12)27-16-11(8-22-27)15(25-19(21)26-16)24-10-4-2-3-5-10/h8,10,12-14,17,23,28-29,31H,2-7,9H2,1H3,(H,24,25,26)(H2,32,33,34)/t12-,13-,14-,17-,20-/m1/s1. The fourth-order valence-electron chi connectivity index (χ4n) is 4.71. The number of methoxy groups -OCH3 is 1. The van der Waals surface area contributed by atoms with E-state index in [1.165, 1.54) is 10.9 Å². The maximum Gasteiger partial charge on any atom is 0.368 e. The van der Waals surface area contributed by atoms with Crippen LogP contribution in [-0.2, 0) is 23.6 Å². The van der Waals surface area contributed by atoms with Crippen molar-refractivity contribution in [2.24, 2.45) is 0 Å². The van der Waals surface area contributed by atoms with Crippen LogP contribution in [0.4, 0.5) is 5.82 Å². The van der Waals surface area contributed by atoms with Crippen LogP contribution in [0.5, 0.6) is 0 Å². The third-order valence-electron chi connectivity index (χ3n) is 6.74. The Morgan fingerprint density at radius 2 is 2.00 bits per heavy atom. The van der Waals surface area contributed by atoms with Crippen LogP contribution in [0.2, 0.25) is 5.28 Å². The van der Waals surface area contributed by atoms with Gasteiger partial charge < -0.3 is 44.7 Å². The molecule has 2 aliphatic rings. The van der Waals surface area contributed by atoms with Gasteiger partial charge in [0.15, 0.2) is 11.9 Å². The molecule has 212 valence electrons. The molecule has 1 aliphatic carbocycles. The van der Waals surface area contributed by atoms with Gasteiger partial charge >= 0.3 is 13.6 Å². The van der Waals surface area contributed by atoms with Gasteiger partial charge in [-0.15, -0.1) is 0 Å². The molecule has 7 N–H and O–H groups in total. The monoisotopic (exact) mass is 580 g/mol. The highest BCUT2D eigenvalue weighted by molar-refractivity contribution is 7.54. The number of hydrogen-bond donors (Lipinski definition) is 7. The Balaban J connectivity index is 1.57. The summed E-state index contributed by atoms with van der Waals surface area (Å²) in [6, 6.07) is 0.217. The minimum Gasteiger partial charge on any atom is -0.466 e. The lowest BCUT2D eigenvalue weighted by Crippen LogP contribution is -2.47. The Morgan fingerprint density at radius 1 is 1.29 bits per heavy atom.